The van der Waals surface area contributed by atoms with Crippen LogP contribution >= 0.6 is 0 Å². The normalized spacial score (nSPS) is 10.9. The van der Waals surface area contributed by atoms with Crippen molar-refractivity contribution in [3.8, 4) is 11.4 Å². The molecule has 1 aromatic carbocycles. The van der Waals surface area contributed by atoms with Gasteiger partial charge < -0.3 is 4.57 Å². The quantitative estimate of drug-likeness (QED) is 0.734. The van der Waals surface area contributed by atoms with E-state index >= 15 is 0 Å². The molecule has 0 aliphatic heterocycles. The summed E-state index contributed by atoms with van der Waals surface area (Å²) in [6.07, 6.45) is 3.56. The van der Waals surface area contributed by atoms with Crippen LogP contribution in [0, 0.1) is 5.82 Å². The lowest BCUT2D eigenvalue weighted by Gasteiger charge is -2.11. The Kier molecular flexibility index (Phi) is 2.54. The lowest BCUT2D eigenvalue weighted by Crippen LogP contribution is -2.02. The number of rotatable bonds is 2. The minimum atomic E-state index is -0.231. The van der Waals surface area contributed by atoms with E-state index in [0.29, 0.717) is 11.4 Å². The van der Waals surface area contributed by atoms with Gasteiger partial charge in [0.2, 0.25) is 0 Å². The molecule has 0 amide bonds. The largest absolute Gasteiger partial charge is 0.328 e. The second-order valence-electron chi connectivity index (χ2n) is 3.73. The molecule has 0 N–H and O–H groups in total. The molecule has 0 bridgehead atoms. The van der Waals surface area contributed by atoms with Crippen molar-refractivity contribution in [2.45, 2.75) is 19.9 Å². The molecule has 2 aromatic rings. The molecule has 15 heavy (non-hydrogen) atoms. The highest BCUT2D eigenvalue weighted by atomic mass is 19.1. The van der Waals surface area contributed by atoms with Gasteiger partial charge in [-0.25, -0.2) is 9.37 Å². The molecule has 0 saturated carbocycles. The van der Waals surface area contributed by atoms with Crippen molar-refractivity contribution in [3.63, 3.8) is 0 Å². The van der Waals surface area contributed by atoms with Crippen molar-refractivity contribution in [3.05, 3.63) is 42.5 Å². The highest BCUT2D eigenvalue weighted by molar-refractivity contribution is 5.56. The second kappa shape index (κ2) is 3.85. The van der Waals surface area contributed by atoms with Crippen LogP contribution in [0.1, 0.15) is 19.9 Å². The SMILES string of the molecule is CC(C)n1ccnc1-c1ccccc1F. The summed E-state index contributed by atoms with van der Waals surface area (Å²) >= 11 is 0. The number of halogens is 1. The predicted molar refractivity (Wildman–Crippen MR) is 58.0 cm³/mol. The first kappa shape index (κ1) is 9.90. The third kappa shape index (κ3) is 1.77. The van der Waals surface area contributed by atoms with E-state index < -0.39 is 0 Å². The van der Waals surface area contributed by atoms with E-state index in [1.165, 1.54) is 6.07 Å². The van der Waals surface area contributed by atoms with Crippen LogP contribution in [0.5, 0.6) is 0 Å². The first-order valence-corrected chi connectivity index (χ1v) is 4.98. The standard InChI is InChI=1S/C12H13FN2/c1-9(2)15-8-7-14-12(15)10-5-3-4-6-11(10)13/h3-9H,1-2H3. The molecule has 0 saturated heterocycles. The van der Waals surface area contributed by atoms with Gasteiger partial charge >= 0.3 is 0 Å². The Balaban J connectivity index is 2.55. The Morgan fingerprint density at radius 2 is 2.00 bits per heavy atom. The van der Waals surface area contributed by atoms with Crippen molar-refractivity contribution in [1.82, 2.24) is 9.55 Å². The van der Waals surface area contributed by atoms with Crippen LogP contribution < -0.4 is 0 Å². The summed E-state index contributed by atoms with van der Waals surface area (Å²) in [7, 11) is 0. The van der Waals surface area contributed by atoms with Gasteiger partial charge in [0, 0.05) is 18.4 Å². The first-order valence-electron chi connectivity index (χ1n) is 4.98. The fourth-order valence-corrected chi connectivity index (χ4v) is 1.58. The predicted octanol–water partition coefficient (Wildman–Crippen LogP) is 3.27. The summed E-state index contributed by atoms with van der Waals surface area (Å²) in [6.45, 7) is 4.10. The number of nitrogens with zero attached hydrogens (tertiary/aromatic N) is 2. The molecule has 0 fully saturated rings. The van der Waals surface area contributed by atoms with Gasteiger partial charge in [-0.3, -0.25) is 0 Å². The van der Waals surface area contributed by atoms with E-state index in [-0.39, 0.29) is 11.9 Å². The minimum absolute atomic E-state index is 0.231. The summed E-state index contributed by atoms with van der Waals surface area (Å²) in [4.78, 5) is 4.19. The molecular formula is C12H13FN2. The monoisotopic (exact) mass is 204 g/mol. The number of benzene rings is 1. The maximum absolute atomic E-state index is 13.5. The van der Waals surface area contributed by atoms with Gasteiger partial charge in [-0.15, -0.1) is 0 Å². The summed E-state index contributed by atoms with van der Waals surface area (Å²) < 4.78 is 15.5. The molecule has 0 aliphatic carbocycles. The lowest BCUT2D eigenvalue weighted by molar-refractivity contribution is 0.596. The molecule has 0 radical (unpaired) electrons. The number of hydrogen-bond donors (Lipinski definition) is 0. The molecule has 2 nitrogen and oxygen atoms in total. The van der Waals surface area contributed by atoms with Crippen LogP contribution in [0.2, 0.25) is 0 Å². The Morgan fingerprint density at radius 1 is 1.27 bits per heavy atom. The fourth-order valence-electron chi connectivity index (χ4n) is 1.58. The Hall–Kier alpha value is -1.64. The van der Waals surface area contributed by atoms with Gasteiger partial charge in [-0.2, -0.15) is 0 Å². The van der Waals surface area contributed by atoms with Crippen LogP contribution in [-0.2, 0) is 0 Å². The van der Waals surface area contributed by atoms with Crippen molar-refractivity contribution >= 4 is 0 Å². The van der Waals surface area contributed by atoms with Crippen LogP contribution in [-0.4, -0.2) is 9.55 Å². The molecule has 78 valence electrons. The van der Waals surface area contributed by atoms with Crippen molar-refractivity contribution in [2.24, 2.45) is 0 Å². The third-order valence-electron chi connectivity index (χ3n) is 2.34. The summed E-state index contributed by atoms with van der Waals surface area (Å²) in [6, 6.07) is 6.98. The molecule has 0 atom stereocenters. The van der Waals surface area contributed by atoms with E-state index in [1.807, 2.05) is 30.7 Å². The van der Waals surface area contributed by atoms with Gasteiger partial charge in [0.25, 0.3) is 0 Å². The van der Waals surface area contributed by atoms with Gasteiger partial charge in [0.05, 0.1) is 5.56 Å². The van der Waals surface area contributed by atoms with Crippen LogP contribution in [0.15, 0.2) is 36.7 Å². The molecule has 0 aliphatic rings. The molecular weight excluding hydrogens is 191 g/mol. The maximum atomic E-state index is 13.5. The molecule has 0 unspecified atom stereocenters. The Labute approximate surface area is 88.4 Å². The molecule has 1 aromatic heterocycles. The van der Waals surface area contributed by atoms with Gasteiger partial charge in [-0.05, 0) is 26.0 Å². The van der Waals surface area contributed by atoms with E-state index in [9.17, 15) is 4.39 Å². The third-order valence-corrected chi connectivity index (χ3v) is 2.34. The zero-order valence-corrected chi connectivity index (χ0v) is 8.81. The maximum Gasteiger partial charge on any atom is 0.143 e. The highest BCUT2D eigenvalue weighted by Crippen LogP contribution is 2.23. The molecule has 1 heterocycles. The number of aromatic nitrogens is 2. The van der Waals surface area contributed by atoms with Gasteiger partial charge in [-0.1, -0.05) is 12.1 Å². The van der Waals surface area contributed by atoms with E-state index in [2.05, 4.69) is 4.98 Å². The smallest absolute Gasteiger partial charge is 0.143 e. The first-order chi connectivity index (χ1) is 7.20. The van der Waals surface area contributed by atoms with E-state index in [4.69, 9.17) is 0 Å². The second-order valence-corrected chi connectivity index (χ2v) is 3.73. The summed E-state index contributed by atoms with van der Waals surface area (Å²) in [5.41, 5.74) is 0.552. The molecule has 3 heteroatoms. The van der Waals surface area contributed by atoms with Crippen molar-refractivity contribution in [1.29, 1.82) is 0 Å². The van der Waals surface area contributed by atoms with Crippen molar-refractivity contribution in [2.75, 3.05) is 0 Å². The van der Waals surface area contributed by atoms with Gasteiger partial charge in [0.15, 0.2) is 0 Å². The van der Waals surface area contributed by atoms with Gasteiger partial charge in [0.1, 0.15) is 11.6 Å². The van der Waals surface area contributed by atoms with E-state index in [0.717, 1.165) is 0 Å². The highest BCUT2D eigenvalue weighted by Gasteiger charge is 2.11. The zero-order chi connectivity index (χ0) is 10.8. The average molecular weight is 204 g/mol. The van der Waals surface area contributed by atoms with Crippen LogP contribution in [0.3, 0.4) is 0 Å². The Bertz CT molecular complexity index is 460. The summed E-state index contributed by atoms with van der Waals surface area (Å²) in [5.74, 6) is 0.453. The number of imidazole rings is 1. The lowest BCUT2D eigenvalue weighted by atomic mass is 10.2. The molecule has 0 spiro atoms. The summed E-state index contributed by atoms with van der Waals surface area (Å²) in [5, 5.41) is 0. The van der Waals surface area contributed by atoms with Crippen LogP contribution in [0.25, 0.3) is 11.4 Å². The van der Waals surface area contributed by atoms with Crippen LogP contribution in [0.4, 0.5) is 4.39 Å². The molecule has 2 rings (SSSR count). The zero-order valence-electron chi connectivity index (χ0n) is 8.81. The van der Waals surface area contributed by atoms with Crippen molar-refractivity contribution < 1.29 is 4.39 Å². The Morgan fingerprint density at radius 3 is 2.67 bits per heavy atom. The number of hydrogen-bond acceptors (Lipinski definition) is 1. The minimum Gasteiger partial charge on any atom is -0.328 e. The fraction of sp³-hybridized carbons (Fsp3) is 0.250. The average Bonchev–Trinajstić information content (AvgIpc) is 2.67. The van der Waals surface area contributed by atoms with E-state index in [1.54, 1.807) is 18.3 Å². The topological polar surface area (TPSA) is 17.8 Å².